The lowest BCUT2D eigenvalue weighted by atomic mass is 9.63. The number of nitrogens with zero attached hydrogens (tertiary/aromatic N) is 1. The Morgan fingerprint density at radius 2 is 1.19 bits per heavy atom. The van der Waals surface area contributed by atoms with E-state index < -0.39 is 0 Å². The molecule has 7 rings (SSSR count). The number of allylic oxidation sites excluding steroid dienone is 2. The van der Waals surface area contributed by atoms with Crippen molar-refractivity contribution < 1.29 is 0 Å². The minimum absolute atomic E-state index is 0.00152. The third-order valence-electron chi connectivity index (χ3n) is 10.0. The van der Waals surface area contributed by atoms with Crippen LogP contribution in [0.5, 0.6) is 0 Å². The second-order valence-electron chi connectivity index (χ2n) is 15.2. The highest BCUT2D eigenvalue weighted by Crippen LogP contribution is 2.60. The number of anilines is 2. The normalized spacial score (nSPS) is 20.3. The van der Waals surface area contributed by atoms with Crippen LogP contribution in [0.15, 0.2) is 103 Å². The highest BCUT2D eigenvalue weighted by Gasteiger charge is 2.52. The van der Waals surface area contributed by atoms with Crippen molar-refractivity contribution in [2.24, 2.45) is 5.92 Å². The van der Waals surface area contributed by atoms with Crippen molar-refractivity contribution in [3.8, 4) is 11.1 Å². The summed E-state index contributed by atoms with van der Waals surface area (Å²) >= 11 is 0. The maximum absolute atomic E-state index is 2.63. The van der Waals surface area contributed by atoms with Crippen LogP contribution in [0.25, 0.3) is 22.3 Å². The summed E-state index contributed by atoms with van der Waals surface area (Å²) in [6, 6.07) is 35.0. The molecule has 0 N–H and O–H groups in total. The second kappa shape index (κ2) is 9.08. The molecule has 0 amide bonds. The van der Waals surface area contributed by atoms with Crippen molar-refractivity contribution in [1.29, 1.82) is 0 Å². The van der Waals surface area contributed by atoms with Gasteiger partial charge in [-0.2, -0.15) is 0 Å². The minimum atomic E-state index is 0.00152. The summed E-state index contributed by atoms with van der Waals surface area (Å²) in [5, 5.41) is 0. The van der Waals surface area contributed by atoms with Crippen LogP contribution in [0.3, 0.4) is 0 Å². The topological polar surface area (TPSA) is 3.24 Å². The number of hydrogen-bond donors (Lipinski definition) is 0. The molecule has 3 aliphatic rings. The molecular formula is C41H43N. The van der Waals surface area contributed by atoms with Gasteiger partial charge in [0.1, 0.15) is 0 Å². The maximum Gasteiger partial charge on any atom is 0.0669 e. The van der Waals surface area contributed by atoms with Gasteiger partial charge in [-0.15, -0.1) is 0 Å². The summed E-state index contributed by atoms with van der Waals surface area (Å²) in [6.45, 7) is 18.6. The molecule has 0 aromatic heterocycles. The van der Waals surface area contributed by atoms with Crippen molar-refractivity contribution in [3.63, 3.8) is 0 Å². The van der Waals surface area contributed by atoms with E-state index in [2.05, 4.69) is 163 Å². The lowest BCUT2D eigenvalue weighted by Gasteiger charge is -2.50. The molecule has 0 fully saturated rings. The SMILES string of the molecule is CC(C)(C)c1ccc(C2=CC3C4C(=C2)c2cc(-c5ccc(C(C)(C)C)cc5)ccc2N4c2ccccc2C3(C)C)cc1. The van der Waals surface area contributed by atoms with Crippen molar-refractivity contribution in [1.82, 2.24) is 0 Å². The van der Waals surface area contributed by atoms with Gasteiger partial charge in [-0.25, -0.2) is 0 Å². The molecule has 0 radical (unpaired) electrons. The van der Waals surface area contributed by atoms with E-state index >= 15 is 0 Å². The van der Waals surface area contributed by atoms with Crippen LogP contribution in [0.1, 0.15) is 83.2 Å². The molecule has 1 aliphatic carbocycles. The maximum atomic E-state index is 2.63. The first-order valence-corrected chi connectivity index (χ1v) is 15.5. The first-order valence-electron chi connectivity index (χ1n) is 15.5. The molecule has 2 aliphatic heterocycles. The Labute approximate surface area is 252 Å². The Bertz CT molecular complexity index is 1750. The number of para-hydroxylation sites is 1. The van der Waals surface area contributed by atoms with Crippen LogP contribution >= 0.6 is 0 Å². The Morgan fingerprint density at radius 1 is 0.619 bits per heavy atom. The Morgan fingerprint density at radius 3 is 1.81 bits per heavy atom. The fourth-order valence-corrected chi connectivity index (χ4v) is 7.42. The number of benzene rings is 4. The Hall–Kier alpha value is -3.84. The summed E-state index contributed by atoms with van der Waals surface area (Å²) in [4.78, 5) is 2.63. The van der Waals surface area contributed by atoms with Crippen LogP contribution in [0, 0.1) is 5.92 Å². The smallest absolute Gasteiger partial charge is 0.0669 e. The van der Waals surface area contributed by atoms with Gasteiger partial charge in [0.25, 0.3) is 0 Å². The van der Waals surface area contributed by atoms with Gasteiger partial charge in [0.2, 0.25) is 0 Å². The molecule has 0 bridgehead atoms. The van der Waals surface area contributed by atoms with Gasteiger partial charge in [0, 0.05) is 28.3 Å². The first kappa shape index (κ1) is 27.0. The van der Waals surface area contributed by atoms with Crippen LogP contribution < -0.4 is 4.90 Å². The molecule has 4 aromatic rings. The predicted octanol–water partition coefficient (Wildman–Crippen LogP) is 10.9. The molecule has 0 saturated heterocycles. The van der Waals surface area contributed by atoms with Crippen molar-refractivity contribution in [2.75, 3.05) is 4.90 Å². The Balaban J connectivity index is 1.40. The van der Waals surface area contributed by atoms with E-state index in [9.17, 15) is 0 Å². The van der Waals surface area contributed by atoms with Gasteiger partial charge in [0.05, 0.1) is 6.04 Å². The zero-order valence-electron chi connectivity index (χ0n) is 26.4. The van der Waals surface area contributed by atoms with Gasteiger partial charge in [-0.05, 0) is 79.6 Å². The average Bonchev–Trinajstić information content (AvgIpc) is 3.29. The van der Waals surface area contributed by atoms with Crippen LogP contribution in [-0.2, 0) is 16.2 Å². The number of hydrogen-bond acceptors (Lipinski definition) is 1. The van der Waals surface area contributed by atoms with Gasteiger partial charge in [0.15, 0.2) is 0 Å². The monoisotopic (exact) mass is 549 g/mol. The average molecular weight is 550 g/mol. The third-order valence-corrected chi connectivity index (χ3v) is 10.0. The van der Waals surface area contributed by atoms with E-state index in [1.54, 1.807) is 0 Å². The standard InChI is InChI=1S/C41H43N/c1-39(2,3)30-18-13-26(14-19-30)28-17-22-36-32(23-28)33-24-29(27-15-20-31(21-16-27)40(4,5)6)25-35-38(33)42(36)37-12-10-9-11-34(37)41(35,7)8/h9-25,35,38H,1-8H3. The summed E-state index contributed by atoms with van der Waals surface area (Å²) < 4.78 is 0. The molecule has 0 saturated carbocycles. The van der Waals surface area contributed by atoms with Gasteiger partial charge >= 0.3 is 0 Å². The van der Waals surface area contributed by atoms with Crippen LogP contribution in [0.2, 0.25) is 0 Å². The molecule has 2 unspecified atom stereocenters. The number of rotatable bonds is 2. The predicted molar refractivity (Wildman–Crippen MR) is 181 cm³/mol. The molecule has 1 nitrogen and oxygen atoms in total. The largest absolute Gasteiger partial charge is 0.332 e. The third kappa shape index (κ3) is 4.12. The first-order chi connectivity index (χ1) is 19.8. The molecule has 42 heavy (non-hydrogen) atoms. The molecule has 0 spiro atoms. The molecule has 2 heterocycles. The zero-order chi connectivity index (χ0) is 29.6. The summed E-state index contributed by atoms with van der Waals surface area (Å²) in [6.07, 6.45) is 5.06. The van der Waals surface area contributed by atoms with Crippen molar-refractivity contribution in [2.45, 2.75) is 77.7 Å². The summed E-state index contributed by atoms with van der Waals surface area (Å²) in [5.74, 6) is 0.353. The number of fused-ring (bicyclic) bond motifs is 5. The lowest BCUT2D eigenvalue weighted by Crippen LogP contribution is -2.49. The van der Waals surface area contributed by atoms with E-state index in [1.807, 2.05) is 0 Å². The molecule has 1 heteroatoms. The Kier molecular flexibility index (Phi) is 5.84. The zero-order valence-corrected chi connectivity index (χ0v) is 26.4. The quantitative estimate of drug-likeness (QED) is 0.240. The fraction of sp³-hybridized carbons (Fsp3) is 0.317. The second-order valence-corrected chi connectivity index (χ2v) is 15.2. The highest BCUT2D eigenvalue weighted by molar-refractivity contribution is 6.01. The van der Waals surface area contributed by atoms with Crippen LogP contribution in [0.4, 0.5) is 11.4 Å². The molecule has 212 valence electrons. The van der Waals surface area contributed by atoms with Crippen LogP contribution in [-0.4, -0.2) is 6.04 Å². The van der Waals surface area contributed by atoms with Gasteiger partial charge in [-0.1, -0.05) is 134 Å². The van der Waals surface area contributed by atoms with E-state index in [0.717, 1.165) is 0 Å². The van der Waals surface area contributed by atoms with E-state index in [0.29, 0.717) is 12.0 Å². The van der Waals surface area contributed by atoms with E-state index in [-0.39, 0.29) is 16.2 Å². The van der Waals surface area contributed by atoms with Crippen molar-refractivity contribution >= 4 is 22.5 Å². The fourth-order valence-electron chi connectivity index (χ4n) is 7.42. The molecule has 4 aromatic carbocycles. The lowest BCUT2D eigenvalue weighted by molar-refractivity contribution is 0.342. The highest BCUT2D eigenvalue weighted by atomic mass is 15.2. The van der Waals surface area contributed by atoms with Gasteiger partial charge in [-0.3, -0.25) is 0 Å². The van der Waals surface area contributed by atoms with Gasteiger partial charge < -0.3 is 4.90 Å². The summed E-state index contributed by atoms with van der Waals surface area (Å²) in [5.41, 5.74) is 15.2. The van der Waals surface area contributed by atoms with E-state index in [4.69, 9.17) is 0 Å². The van der Waals surface area contributed by atoms with E-state index in [1.165, 1.54) is 61.5 Å². The minimum Gasteiger partial charge on any atom is -0.332 e. The van der Waals surface area contributed by atoms with Crippen molar-refractivity contribution in [3.05, 3.63) is 131 Å². The molecule has 2 atom stereocenters. The summed E-state index contributed by atoms with van der Waals surface area (Å²) in [7, 11) is 0. The molecular weight excluding hydrogens is 506 g/mol.